The smallest absolute Gasteiger partial charge is 0.153 e. The Hall–Kier alpha value is -3.34. The summed E-state index contributed by atoms with van der Waals surface area (Å²) >= 11 is 0. The van der Waals surface area contributed by atoms with Crippen LogP contribution in [0, 0.1) is 5.82 Å². The lowest BCUT2D eigenvalue weighted by Gasteiger charge is -2.27. The fourth-order valence-electron chi connectivity index (χ4n) is 3.61. The van der Waals surface area contributed by atoms with Gasteiger partial charge < -0.3 is 4.90 Å². The molecule has 1 saturated heterocycles. The van der Waals surface area contributed by atoms with Crippen LogP contribution in [-0.2, 0) is 16.9 Å². The van der Waals surface area contributed by atoms with Gasteiger partial charge in [0.1, 0.15) is 23.7 Å². The normalized spacial score (nSPS) is 16.3. The standard InChI is InChI=1S/C19H18FN7O2S/c1-26-10-12(9-23-26)13-6-14-16(7-15(13)20)24-25-19(14)17-8-18(22-11-21-17)27-2-4-30(28,29)5-3-27/h6-11H,2-5H2,1H3,(H,24,25). The van der Waals surface area contributed by atoms with Gasteiger partial charge in [0.05, 0.1) is 28.9 Å². The second-order valence-corrected chi connectivity index (χ2v) is 9.56. The molecular weight excluding hydrogens is 409 g/mol. The van der Waals surface area contributed by atoms with E-state index in [0.717, 1.165) is 5.39 Å². The number of aromatic nitrogens is 6. The molecule has 0 unspecified atom stereocenters. The van der Waals surface area contributed by atoms with Crippen LogP contribution in [0.15, 0.2) is 36.9 Å². The molecule has 0 bridgehead atoms. The van der Waals surface area contributed by atoms with Crippen LogP contribution in [0.2, 0.25) is 0 Å². The Kier molecular flexibility index (Phi) is 4.28. The van der Waals surface area contributed by atoms with Crippen molar-refractivity contribution >= 4 is 26.6 Å². The van der Waals surface area contributed by atoms with Crippen molar-refractivity contribution in [1.29, 1.82) is 0 Å². The topological polar surface area (TPSA) is 110 Å². The number of H-pyrrole nitrogens is 1. The molecule has 30 heavy (non-hydrogen) atoms. The Morgan fingerprint density at radius 1 is 1.13 bits per heavy atom. The molecule has 1 aliphatic heterocycles. The zero-order valence-electron chi connectivity index (χ0n) is 16.1. The first-order chi connectivity index (χ1) is 14.4. The molecule has 9 nitrogen and oxygen atoms in total. The Balaban J connectivity index is 1.55. The molecule has 0 aliphatic carbocycles. The van der Waals surface area contributed by atoms with Gasteiger partial charge in [-0.2, -0.15) is 10.2 Å². The minimum absolute atomic E-state index is 0.103. The second-order valence-electron chi connectivity index (χ2n) is 7.25. The summed E-state index contributed by atoms with van der Waals surface area (Å²) in [6.45, 7) is 0.771. The van der Waals surface area contributed by atoms with Crippen LogP contribution in [0.5, 0.6) is 0 Å². The molecule has 11 heteroatoms. The van der Waals surface area contributed by atoms with E-state index in [9.17, 15) is 12.8 Å². The Morgan fingerprint density at radius 2 is 1.93 bits per heavy atom. The molecule has 1 N–H and O–H groups in total. The third kappa shape index (κ3) is 3.30. The number of anilines is 1. The van der Waals surface area contributed by atoms with Gasteiger partial charge in [0.25, 0.3) is 0 Å². The van der Waals surface area contributed by atoms with Crippen LogP contribution < -0.4 is 4.90 Å². The van der Waals surface area contributed by atoms with Crippen LogP contribution in [-0.4, -0.2) is 63.0 Å². The maximum absolute atomic E-state index is 14.6. The summed E-state index contributed by atoms with van der Waals surface area (Å²) in [7, 11) is -1.21. The summed E-state index contributed by atoms with van der Waals surface area (Å²) in [5.74, 6) is 0.473. The quantitative estimate of drug-likeness (QED) is 0.531. The first-order valence-electron chi connectivity index (χ1n) is 9.34. The maximum Gasteiger partial charge on any atom is 0.153 e. The lowest BCUT2D eigenvalue weighted by molar-refractivity contribution is 0.586. The van der Waals surface area contributed by atoms with Gasteiger partial charge in [-0.15, -0.1) is 0 Å². The molecule has 1 aliphatic rings. The fourth-order valence-corrected chi connectivity index (χ4v) is 4.81. The minimum atomic E-state index is -2.98. The van der Waals surface area contributed by atoms with Crippen LogP contribution in [0.4, 0.5) is 10.2 Å². The Labute approximate surface area is 171 Å². The number of hydrogen-bond donors (Lipinski definition) is 1. The summed E-state index contributed by atoms with van der Waals surface area (Å²) in [5, 5.41) is 12.0. The van der Waals surface area contributed by atoms with E-state index in [-0.39, 0.29) is 17.3 Å². The highest BCUT2D eigenvalue weighted by atomic mass is 32.2. The molecular formula is C19H18FN7O2S. The van der Waals surface area contributed by atoms with Gasteiger partial charge >= 0.3 is 0 Å². The van der Waals surface area contributed by atoms with Gasteiger partial charge in [-0.25, -0.2) is 22.8 Å². The van der Waals surface area contributed by atoms with Gasteiger partial charge in [0.2, 0.25) is 0 Å². The number of benzene rings is 1. The molecule has 0 amide bonds. The molecule has 1 fully saturated rings. The van der Waals surface area contributed by atoms with Crippen LogP contribution >= 0.6 is 0 Å². The average molecular weight is 427 g/mol. The lowest BCUT2D eigenvalue weighted by atomic mass is 10.0. The second kappa shape index (κ2) is 6.87. The van der Waals surface area contributed by atoms with Gasteiger partial charge in [0, 0.05) is 55.0 Å². The van der Waals surface area contributed by atoms with E-state index in [2.05, 4.69) is 25.3 Å². The molecule has 1 aromatic carbocycles. The number of sulfone groups is 1. The summed E-state index contributed by atoms with van der Waals surface area (Å²) in [5.41, 5.74) is 2.79. The van der Waals surface area contributed by atoms with E-state index < -0.39 is 9.84 Å². The fraction of sp³-hybridized carbons (Fsp3) is 0.263. The van der Waals surface area contributed by atoms with Crippen molar-refractivity contribution in [2.75, 3.05) is 29.5 Å². The number of nitrogens with zero attached hydrogens (tertiary/aromatic N) is 6. The number of halogens is 1. The van der Waals surface area contributed by atoms with Crippen molar-refractivity contribution in [2.24, 2.45) is 7.05 Å². The van der Waals surface area contributed by atoms with Crippen LogP contribution in [0.3, 0.4) is 0 Å². The molecule has 0 spiro atoms. The van der Waals surface area contributed by atoms with Gasteiger partial charge in [-0.1, -0.05) is 0 Å². The van der Waals surface area contributed by atoms with Crippen molar-refractivity contribution in [2.45, 2.75) is 0 Å². The number of rotatable bonds is 3. The molecule has 5 rings (SSSR count). The first-order valence-corrected chi connectivity index (χ1v) is 11.2. The zero-order chi connectivity index (χ0) is 20.9. The summed E-state index contributed by atoms with van der Waals surface area (Å²) < 4.78 is 39.6. The van der Waals surface area contributed by atoms with Crippen molar-refractivity contribution in [3.63, 3.8) is 0 Å². The van der Waals surface area contributed by atoms with Crippen molar-refractivity contribution in [3.8, 4) is 22.5 Å². The van der Waals surface area contributed by atoms with E-state index in [1.165, 1.54) is 12.4 Å². The van der Waals surface area contributed by atoms with Crippen molar-refractivity contribution in [1.82, 2.24) is 29.9 Å². The number of aryl methyl sites for hydroxylation is 1. The summed E-state index contributed by atoms with van der Waals surface area (Å²) in [6.07, 6.45) is 4.79. The number of fused-ring (bicyclic) bond motifs is 1. The molecule has 0 atom stereocenters. The molecule has 4 heterocycles. The lowest BCUT2D eigenvalue weighted by Crippen LogP contribution is -2.40. The monoisotopic (exact) mass is 427 g/mol. The first kappa shape index (κ1) is 18.7. The third-order valence-corrected chi connectivity index (χ3v) is 6.84. The van der Waals surface area contributed by atoms with Crippen LogP contribution in [0.25, 0.3) is 33.4 Å². The molecule has 154 valence electrons. The molecule has 0 radical (unpaired) electrons. The van der Waals surface area contributed by atoms with Crippen LogP contribution in [0.1, 0.15) is 0 Å². The van der Waals surface area contributed by atoms with Gasteiger partial charge in [0.15, 0.2) is 9.84 Å². The van der Waals surface area contributed by atoms with Gasteiger partial charge in [-0.05, 0) is 6.07 Å². The van der Waals surface area contributed by atoms with Gasteiger partial charge in [-0.3, -0.25) is 9.78 Å². The number of aromatic amines is 1. The highest BCUT2D eigenvalue weighted by Crippen LogP contribution is 2.32. The summed E-state index contributed by atoms with van der Waals surface area (Å²) in [4.78, 5) is 10.5. The van der Waals surface area contributed by atoms with E-state index >= 15 is 0 Å². The number of hydrogen-bond acceptors (Lipinski definition) is 7. The van der Waals surface area contributed by atoms with Crippen molar-refractivity contribution < 1.29 is 12.8 Å². The highest BCUT2D eigenvalue weighted by molar-refractivity contribution is 7.91. The number of nitrogens with one attached hydrogen (secondary N) is 1. The minimum Gasteiger partial charge on any atom is -0.354 e. The van der Waals surface area contributed by atoms with E-state index in [1.54, 1.807) is 36.3 Å². The van der Waals surface area contributed by atoms with E-state index in [0.29, 0.717) is 46.9 Å². The average Bonchev–Trinajstić information content (AvgIpc) is 3.33. The molecule has 4 aromatic rings. The van der Waals surface area contributed by atoms with Crippen molar-refractivity contribution in [3.05, 3.63) is 42.7 Å². The zero-order valence-corrected chi connectivity index (χ0v) is 16.9. The predicted molar refractivity (Wildman–Crippen MR) is 110 cm³/mol. The molecule has 3 aromatic heterocycles. The maximum atomic E-state index is 14.6. The highest BCUT2D eigenvalue weighted by Gasteiger charge is 2.23. The third-order valence-electron chi connectivity index (χ3n) is 5.23. The van der Waals surface area contributed by atoms with E-state index in [1.807, 2.05) is 4.90 Å². The summed E-state index contributed by atoms with van der Waals surface area (Å²) in [6, 6.07) is 4.92. The SMILES string of the molecule is Cn1cc(-c2cc3c(-c4cc(N5CCS(=O)(=O)CC5)ncn4)n[nH]c3cc2F)cn1. The Bertz CT molecular complexity index is 1350. The predicted octanol–water partition coefficient (Wildman–Crippen LogP) is 1.79. The van der Waals surface area contributed by atoms with E-state index in [4.69, 9.17) is 0 Å². The Morgan fingerprint density at radius 3 is 2.67 bits per heavy atom. The largest absolute Gasteiger partial charge is 0.354 e. The molecule has 0 saturated carbocycles.